The number of methoxy groups -OCH3 is 1. The van der Waals surface area contributed by atoms with E-state index in [1.807, 2.05) is 62.4 Å². The Kier molecular flexibility index (Phi) is 6.23. The van der Waals surface area contributed by atoms with E-state index in [1.54, 1.807) is 13.3 Å². The number of aromatic nitrogens is 2. The van der Waals surface area contributed by atoms with E-state index < -0.39 is 0 Å². The number of thiazole rings is 1. The van der Waals surface area contributed by atoms with Gasteiger partial charge in [0, 0.05) is 27.3 Å². The lowest BCUT2D eigenvalue weighted by Crippen LogP contribution is -2.27. The second kappa shape index (κ2) is 9.48. The van der Waals surface area contributed by atoms with E-state index in [2.05, 4.69) is 20.8 Å². The topological polar surface area (TPSA) is 88.5 Å². The van der Waals surface area contributed by atoms with Crippen molar-refractivity contribution in [2.24, 2.45) is 5.10 Å². The zero-order chi connectivity index (χ0) is 24.5. The number of pyridine rings is 1. The smallest absolute Gasteiger partial charge is 0.255 e. The minimum Gasteiger partial charge on any atom is -0.496 e. The third kappa shape index (κ3) is 4.38. The van der Waals surface area contributed by atoms with Crippen LogP contribution in [0.5, 0.6) is 5.75 Å². The van der Waals surface area contributed by atoms with Gasteiger partial charge in [-0.2, -0.15) is 5.10 Å². The summed E-state index contributed by atoms with van der Waals surface area (Å²) in [7, 11) is 1.60. The van der Waals surface area contributed by atoms with Crippen molar-refractivity contribution >= 4 is 56.1 Å². The fraction of sp³-hybridized carbons (Fsp3) is 0.154. The molecule has 9 heteroatoms. The van der Waals surface area contributed by atoms with Gasteiger partial charge in [-0.05, 0) is 49.2 Å². The number of rotatable bonds is 5. The van der Waals surface area contributed by atoms with Gasteiger partial charge in [-0.25, -0.2) is 9.97 Å². The monoisotopic (exact) mass is 503 g/mol. The molecule has 1 aliphatic rings. The quantitative estimate of drug-likeness (QED) is 0.369. The van der Waals surface area contributed by atoms with Crippen LogP contribution in [-0.4, -0.2) is 35.7 Å². The van der Waals surface area contributed by atoms with Gasteiger partial charge in [-0.3, -0.25) is 10.1 Å². The molecule has 3 heterocycles. The molecule has 176 valence electrons. The first-order chi connectivity index (χ1) is 17.0. The van der Waals surface area contributed by atoms with E-state index in [0.29, 0.717) is 22.0 Å². The molecule has 1 amide bonds. The predicted octanol–water partition coefficient (Wildman–Crippen LogP) is 5.62. The highest BCUT2D eigenvalue weighted by Crippen LogP contribution is 2.33. The van der Waals surface area contributed by atoms with Gasteiger partial charge in [0.1, 0.15) is 16.1 Å². The van der Waals surface area contributed by atoms with Crippen molar-refractivity contribution in [3.8, 4) is 17.0 Å². The standard InChI is InChI=1S/C26H22ClN5O2S/c1-14-15(2)20(27)9-8-16(14)21-10-11-22-25(30-21)35-26(31-22)32-24(33)19-13-29-28-12-18(19)17-6-4-5-7-23(17)34-3/h4-12,29H,13H2,1-3H3,(H,31,32,33). The molecule has 2 aromatic heterocycles. The molecule has 0 saturated carbocycles. The zero-order valence-corrected chi connectivity index (χ0v) is 20.9. The van der Waals surface area contributed by atoms with Crippen LogP contribution in [0.4, 0.5) is 5.13 Å². The number of fused-ring (bicyclic) bond motifs is 1. The van der Waals surface area contributed by atoms with Crippen molar-refractivity contribution < 1.29 is 9.53 Å². The molecule has 0 bridgehead atoms. The summed E-state index contributed by atoms with van der Waals surface area (Å²) in [6.07, 6.45) is 1.64. The van der Waals surface area contributed by atoms with Gasteiger partial charge in [-0.1, -0.05) is 47.2 Å². The van der Waals surface area contributed by atoms with Crippen LogP contribution in [-0.2, 0) is 4.79 Å². The number of amides is 1. The van der Waals surface area contributed by atoms with E-state index in [1.165, 1.54) is 11.3 Å². The maximum Gasteiger partial charge on any atom is 0.255 e. The number of para-hydroxylation sites is 1. The van der Waals surface area contributed by atoms with E-state index >= 15 is 0 Å². The number of allylic oxidation sites excluding steroid dienone is 1. The first kappa shape index (κ1) is 23.0. The molecular weight excluding hydrogens is 482 g/mol. The number of anilines is 1. The molecule has 2 N–H and O–H groups in total. The van der Waals surface area contributed by atoms with Gasteiger partial charge >= 0.3 is 0 Å². The van der Waals surface area contributed by atoms with Crippen LogP contribution in [0.15, 0.2) is 59.2 Å². The van der Waals surface area contributed by atoms with Gasteiger partial charge in [0.15, 0.2) is 5.13 Å². The number of benzene rings is 2. The summed E-state index contributed by atoms with van der Waals surface area (Å²) in [4.78, 5) is 23.4. The Balaban J connectivity index is 1.46. The Bertz CT molecular complexity index is 1530. The lowest BCUT2D eigenvalue weighted by Gasteiger charge is -2.17. The Morgan fingerprint density at radius 3 is 2.71 bits per heavy atom. The number of carbonyl (C=O) groups excluding carboxylic acids is 1. The van der Waals surface area contributed by atoms with E-state index in [9.17, 15) is 4.79 Å². The van der Waals surface area contributed by atoms with Crippen LogP contribution in [0.2, 0.25) is 5.02 Å². The summed E-state index contributed by atoms with van der Waals surface area (Å²) in [5.41, 5.74) is 9.63. The van der Waals surface area contributed by atoms with Gasteiger partial charge < -0.3 is 10.2 Å². The Morgan fingerprint density at radius 2 is 1.89 bits per heavy atom. The molecule has 0 fully saturated rings. The SMILES string of the molecule is COc1ccccc1C1=C(C(=O)Nc2nc3ccc(-c4ccc(Cl)c(C)c4C)nc3s2)CNN=C1. The summed E-state index contributed by atoms with van der Waals surface area (Å²) < 4.78 is 5.48. The fourth-order valence-corrected chi connectivity index (χ4v) is 5.01. The first-order valence-corrected chi connectivity index (χ1v) is 12.1. The van der Waals surface area contributed by atoms with Crippen molar-refractivity contribution in [1.82, 2.24) is 15.4 Å². The van der Waals surface area contributed by atoms with Gasteiger partial charge in [0.2, 0.25) is 0 Å². The molecule has 0 atom stereocenters. The molecule has 7 nitrogen and oxygen atoms in total. The molecule has 1 aliphatic heterocycles. The number of nitrogens with zero attached hydrogens (tertiary/aromatic N) is 3. The van der Waals surface area contributed by atoms with Crippen molar-refractivity contribution in [1.29, 1.82) is 0 Å². The number of hydrogen-bond donors (Lipinski definition) is 2. The van der Waals surface area contributed by atoms with Gasteiger partial charge in [0.25, 0.3) is 5.91 Å². The Labute approximate surface area is 211 Å². The fourth-order valence-electron chi connectivity index (χ4n) is 3.97. The number of hydrazone groups is 1. The number of hydrogen-bond acceptors (Lipinski definition) is 7. The minimum atomic E-state index is -0.256. The second-order valence-electron chi connectivity index (χ2n) is 8.02. The van der Waals surface area contributed by atoms with Crippen molar-refractivity contribution in [3.05, 3.63) is 75.8 Å². The molecule has 5 rings (SSSR count). The molecule has 0 spiro atoms. The van der Waals surface area contributed by atoms with E-state index in [0.717, 1.165) is 43.3 Å². The zero-order valence-electron chi connectivity index (χ0n) is 19.3. The lowest BCUT2D eigenvalue weighted by molar-refractivity contribution is -0.112. The molecule has 4 aromatic rings. The molecule has 0 radical (unpaired) electrons. The summed E-state index contributed by atoms with van der Waals surface area (Å²) in [6, 6.07) is 15.3. The number of carbonyl (C=O) groups is 1. The van der Waals surface area contributed by atoms with Crippen LogP contribution in [0.3, 0.4) is 0 Å². The van der Waals surface area contributed by atoms with Crippen LogP contribution in [0.1, 0.15) is 16.7 Å². The van der Waals surface area contributed by atoms with Crippen LogP contribution in [0.25, 0.3) is 27.2 Å². The van der Waals surface area contributed by atoms with Crippen molar-refractivity contribution in [3.63, 3.8) is 0 Å². The lowest BCUT2D eigenvalue weighted by atomic mass is 9.98. The maximum absolute atomic E-state index is 13.3. The van der Waals surface area contributed by atoms with Gasteiger partial charge in [0.05, 0.1) is 25.6 Å². The maximum atomic E-state index is 13.3. The molecule has 0 saturated heterocycles. The number of halogens is 1. The average Bonchev–Trinajstić information content (AvgIpc) is 3.28. The van der Waals surface area contributed by atoms with Crippen molar-refractivity contribution in [2.75, 3.05) is 19.0 Å². The highest BCUT2D eigenvalue weighted by molar-refractivity contribution is 7.22. The first-order valence-electron chi connectivity index (χ1n) is 10.9. The molecule has 0 unspecified atom stereocenters. The molecule has 2 aromatic carbocycles. The Morgan fingerprint density at radius 1 is 1.06 bits per heavy atom. The van der Waals surface area contributed by atoms with E-state index in [-0.39, 0.29) is 12.5 Å². The Hall–Kier alpha value is -3.75. The highest BCUT2D eigenvalue weighted by atomic mass is 35.5. The largest absolute Gasteiger partial charge is 0.496 e. The third-order valence-electron chi connectivity index (χ3n) is 6.01. The van der Waals surface area contributed by atoms with Crippen LogP contribution < -0.4 is 15.5 Å². The predicted molar refractivity (Wildman–Crippen MR) is 142 cm³/mol. The van der Waals surface area contributed by atoms with Gasteiger partial charge in [-0.15, -0.1) is 0 Å². The molecular formula is C26H22ClN5O2S. The summed E-state index contributed by atoms with van der Waals surface area (Å²) in [5.74, 6) is 0.415. The molecule has 35 heavy (non-hydrogen) atoms. The van der Waals surface area contributed by atoms with Crippen LogP contribution in [0, 0.1) is 13.8 Å². The number of ether oxygens (including phenoxy) is 1. The summed E-state index contributed by atoms with van der Waals surface area (Å²) >= 11 is 7.59. The normalized spacial score (nSPS) is 13.1. The third-order valence-corrected chi connectivity index (χ3v) is 7.30. The second-order valence-corrected chi connectivity index (χ2v) is 9.41. The average molecular weight is 504 g/mol. The highest BCUT2D eigenvalue weighted by Gasteiger charge is 2.22. The van der Waals surface area contributed by atoms with Crippen LogP contribution >= 0.6 is 22.9 Å². The van der Waals surface area contributed by atoms with E-state index in [4.69, 9.17) is 21.3 Å². The molecule has 0 aliphatic carbocycles. The number of nitrogens with one attached hydrogen (secondary N) is 2. The summed E-state index contributed by atoms with van der Waals surface area (Å²) in [6.45, 7) is 4.33. The minimum absolute atomic E-state index is 0.256. The summed E-state index contributed by atoms with van der Waals surface area (Å²) in [5, 5.41) is 8.29. The van der Waals surface area contributed by atoms with Crippen molar-refractivity contribution in [2.45, 2.75) is 13.8 Å².